The summed E-state index contributed by atoms with van der Waals surface area (Å²) in [6.07, 6.45) is 0.979. The number of aromatic amines is 1. The Morgan fingerprint density at radius 1 is 1.29 bits per heavy atom. The number of benzene rings is 1. The average molecular weight is 304 g/mol. The van der Waals surface area contributed by atoms with E-state index in [9.17, 15) is 0 Å². The van der Waals surface area contributed by atoms with Gasteiger partial charge < -0.3 is 20.9 Å². The first kappa shape index (κ1) is 15.2. The van der Waals surface area contributed by atoms with Gasteiger partial charge in [0, 0.05) is 25.3 Å². The Morgan fingerprint density at radius 3 is 2.71 bits per heavy atom. The lowest BCUT2D eigenvalue weighted by atomic mass is 10.2. The second kappa shape index (κ2) is 7.58. The van der Waals surface area contributed by atoms with Crippen molar-refractivity contribution in [3.8, 4) is 0 Å². The molecule has 21 heavy (non-hydrogen) atoms. The molecule has 0 atom stereocenters. The number of hydrogen-bond donors (Lipinski definition) is 3. The molecule has 0 bridgehead atoms. The van der Waals surface area contributed by atoms with Crippen molar-refractivity contribution in [1.82, 2.24) is 15.0 Å². The van der Waals surface area contributed by atoms with Gasteiger partial charge in [0.15, 0.2) is 0 Å². The molecular weight excluding hydrogens is 284 g/mol. The molecule has 2 rings (SSSR count). The number of nitrogens with two attached hydrogens (primary N) is 1. The molecule has 0 aliphatic rings. The number of nitrogen functional groups attached to an aromatic ring is 1. The Kier molecular flexibility index (Phi) is 5.51. The van der Waals surface area contributed by atoms with E-state index in [1.165, 1.54) is 5.69 Å². The van der Waals surface area contributed by atoms with E-state index < -0.39 is 0 Å². The van der Waals surface area contributed by atoms with Crippen LogP contribution >= 0.6 is 12.2 Å². The molecule has 0 saturated heterocycles. The predicted octanol–water partition coefficient (Wildman–Crippen LogP) is 2.44. The molecule has 0 amide bonds. The average Bonchev–Trinajstić information content (AvgIpc) is 2.47. The summed E-state index contributed by atoms with van der Waals surface area (Å²) in [6, 6.07) is 10.4. The molecule has 7 heteroatoms. The van der Waals surface area contributed by atoms with E-state index in [1.807, 2.05) is 6.07 Å². The molecule has 1 aromatic carbocycles. The number of anilines is 3. The van der Waals surface area contributed by atoms with Crippen LogP contribution in [0.15, 0.2) is 30.3 Å². The zero-order chi connectivity index (χ0) is 15.1. The highest BCUT2D eigenvalue weighted by Gasteiger charge is 2.03. The van der Waals surface area contributed by atoms with E-state index in [4.69, 9.17) is 18.0 Å². The molecule has 0 fully saturated rings. The number of aromatic nitrogens is 3. The standard InChI is InChI=1S/C14H20N6S/c1-2-20(11-7-4-3-5-8-11)10-6-9-16-13-17-12(15)18-14(21)19-13/h3-5,7-8H,2,6,9-10H2,1H3,(H4,15,16,17,18,19,21). The fourth-order valence-corrected chi connectivity index (χ4v) is 2.26. The third kappa shape index (κ3) is 4.71. The van der Waals surface area contributed by atoms with Crippen molar-refractivity contribution in [3.05, 3.63) is 35.1 Å². The van der Waals surface area contributed by atoms with E-state index in [-0.39, 0.29) is 5.95 Å². The largest absolute Gasteiger partial charge is 0.372 e. The Labute approximate surface area is 129 Å². The third-order valence-corrected chi connectivity index (χ3v) is 3.26. The first-order valence-corrected chi connectivity index (χ1v) is 7.37. The van der Waals surface area contributed by atoms with Gasteiger partial charge in [-0.05, 0) is 37.7 Å². The maximum atomic E-state index is 5.55. The van der Waals surface area contributed by atoms with Crippen molar-refractivity contribution in [2.75, 3.05) is 35.6 Å². The van der Waals surface area contributed by atoms with Crippen LogP contribution in [0.5, 0.6) is 0 Å². The lowest BCUT2D eigenvalue weighted by Gasteiger charge is -2.23. The molecular formula is C14H20N6S. The molecule has 0 saturated carbocycles. The Hall–Kier alpha value is -2.15. The van der Waals surface area contributed by atoms with Crippen molar-refractivity contribution in [3.63, 3.8) is 0 Å². The molecule has 0 aliphatic carbocycles. The van der Waals surface area contributed by atoms with Crippen LogP contribution in [0.25, 0.3) is 0 Å². The normalized spacial score (nSPS) is 10.3. The van der Waals surface area contributed by atoms with Gasteiger partial charge in [0.2, 0.25) is 16.7 Å². The Bertz CT molecular complexity index is 612. The van der Waals surface area contributed by atoms with E-state index in [0.717, 1.165) is 26.1 Å². The van der Waals surface area contributed by atoms with Crippen LogP contribution < -0.4 is 16.0 Å². The van der Waals surface area contributed by atoms with Gasteiger partial charge in [-0.3, -0.25) is 0 Å². The summed E-state index contributed by atoms with van der Waals surface area (Å²) >= 11 is 4.96. The van der Waals surface area contributed by atoms with Crippen LogP contribution in [0.1, 0.15) is 13.3 Å². The van der Waals surface area contributed by atoms with Crippen LogP contribution in [-0.2, 0) is 0 Å². The van der Waals surface area contributed by atoms with Crippen LogP contribution in [0.3, 0.4) is 0 Å². The minimum absolute atomic E-state index is 0.181. The summed E-state index contributed by atoms with van der Waals surface area (Å²) in [6.45, 7) is 4.88. The predicted molar refractivity (Wildman–Crippen MR) is 89.1 cm³/mol. The molecule has 2 aromatic rings. The summed E-state index contributed by atoms with van der Waals surface area (Å²) in [5, 5.41) is 3.18. The minimum Gasteiger partial charge on any atom is -0.372 e. The molecule has 0 aliphatic heterocycles. The molecule has 1 heterocycles. The number of hydrogen-bond acceptors (Lipinski definition) is 6. The summed E-state index contributed by atoms with van der Waals surface area (Å²) in [5.74, 6) is 0.746. The van der Waals surface area contributed by atoms with Gasteiger partial charge >= 0.3 is 0 Å². The van der Waals surface area contributed by atoms with Crippen molar-refractivity contribution < 1.29 is 0 Å². The number of nitrogens with zero attached hydrogens (tertiary/aromatic N) is 3. The highest BCUT2D eigenvalue weighted by molar-refractivity contribution is 7.71. The molecule has 6 nitrogen and oxygen atoms in total. The lowest BCUT2D eigenvalue weighted by Crippen LogP contribution is -2.25. The summed E-state index contributed by atoms with van der Waals surface area (Å²) < 4.78 is 0.337. The molecule has 1 aromatic heterocycles. The van der Waals surface area contributed by atoms with Gasteiger partial charge in [-0.25, -0.2) is 0 Å². The van der Waals surface area contributed by atoms with Crippen molar-refractivity contribution in [1.29, 1.82) is 0 Å². The fraction of sp³-hybridized carbons (Fsp3) is 0.357. The van der Waals surface area contributed by atoms with E-state index in [2.05, 4.69) is 56.4 Å². The van der Waals surface area contributed by atoms with Crippen molar-refractivity contribution in [2.24, 2.45) is 0 Å². The highest BCUT2D eigenvalue weighted by atomic mass is 32.1. The van der Waals surface area contributed by atoms with Crippen LogP contribution in [0, 0.1) is 4.77 Å². The molecule has 0 spiro atoms. The van der Waals surface area contributed by atoms with Crippen LogP contribution in [0.4, 0.5) is 17.6 Å². The zero-order valence-electron chi connectivity index (χ0n) is 12.0. The summed E-state index contributed by atoms with van der Waals surface area (Å²) in [5.41, 5.74) is 6.79. The smallest absolute Gasteiger partial charge is 0.225 e. The second-order valence-electron chi connectivity index (χ2n) is 4.56. The molecule has 0 unspecified atom stereocenters. The van der Waals surface area contributed by atoms with Gasteiger partial charge in [-0.2, -0.15) is 9.97 Å². The molecule has 112 valence electrons. The van der Waals surface area contributed by atoms with Gasteiger partial charge in [-0.1, -0.05) is 18.2 Å². The second-order valence-corrected chi connectivity index (χ2v) is 4.94. The first-order chi connectivity index (χ1) is 10.2. The quantitative estimate of drug-likeness (QED) is 0.538. The van der Waals surface area contributed by atoms with E-state index in [0.29, 0.717) is 10.7 Å². The topological polar surface area (TPSA) is 82.9 Å². The number of H-pyrrole nitrogens is 1. The summed E-state index contributed by atoms with van der Waals surface area (Å²) in [7, 11) is 0. The fourth-order valence-electron chi connectivity index (χ4n) is 2.07. The minimum atomic E-state index is 0.181. The molecule has 0 radical (unpaired) electrons. The number of rotatable bonds is 7. The van der Waals surface area contributed by atoms with E-state index >= 15 is 0 Å². The van der Waals surface area contributed by atoms with Gasteiger partial charge in [0.1, 0.15) is 0 Å². The van der Waals surface area contributed by atoms with Gasteiger partial charge in [0.25, 0.3) is 0 Å². The number of para-hydroxylation sites is 1. The first-order valence-electron chi connectivity index (χ1n) is 6.96. The SMILES string of the molecule is CCN(CCCNc1nc(N)nc(=S)[nH]1)c1ccccc1. The van der Waals surface area contributed by atoms with E-state index in [1.54, 1.807) is 0 Å². The van der Waals surface area contributed by atoms with Gasteiger partial charge in [-0.15, -0.1) is 0 Å². The third-order valence-electron chi connectivity index (χ3n) is 3.07. The molecule has 4 N–H and O–H groups in total. The zero-order valence-corrected chi connectivity index (χ0v) is 12.9. The maximum Gasteiger partial charge on any atom is 0.225 e. The summed E-state index contributed by atoms with van der Waals surface area (Å²) in [4.78, 5) is 13.1. The van der Waals surface area contributed by atoms with Crippen molar-refractivity contribution >= 4 is 29.8 Å². The Balaban J connectivity index is 1.82. The highest BCUT2D eigenvalue weighted by Crippen LogP contribution is 2.12. The number of nitrogens with one attached hydrogen (secondary N) is 2. The maximum absolute atomic E-state index is 5.55. The Morgan fingerprint density at radius 2 is 2.05 bits per heavy atom. The van der Waals surface area contributed by atoms with Gasteiger partial charge in [0.05, 0.1) is 0 Å². The van der Waals surface area contributed by atoms with Crippen molar-refractivity contribution in [2.45, 2.75) is 13.3 Å². The van der Waals surface area contributed by atoms with Crippen LogP contribution in [0.2, 0.25) is 0 Å². The van der Waals surface area contributed by atoms with Crippen LogP contribution in [-0.4, -0.2) is 34.6 Å². The lowest BCUT2D eigenvalue weighted by molar-refractivity contribution is 0.765. The monoisotopic (exact) mass is 304 g/mol.